The van der Waals surface area contributed by atoms with Crippen LogP contribution in [0.2, 0.25) is 0 Å². The van der Waals surface area contributed by atoms with Crippen LogP contribution in [0.3, 0.4) is 0 Å². The zero-order valence-corrected chi connectivity index (χ0v) is 14.3. The molecule has 0 aromatic carbocycles. The molecule has 17 heavy (non-hydrogen) atoms. The third-order valence-electron chi connectivity index (χ3n) is 2.16. The first-order valence-electron chi connectivity index (χ1n) is 5.72. The van der Waals surface area contributed by atoms with Gasteiger partial charge in [-0.3, -0.25) is 0 Å². The van der Waals surface area contributed by atoms with Crippen molar-refractivity contribution in [3.05, 3.63) is 0 Å². The van der Waals surface area contributed by atoms with Crippen molar-refractivity contribution in [3.8, 4) is 0 Å². The molecular weight excluding hydrogens is 288 g/mol. The van der Waals surface area contributed by atoms with E-state index >= 15 is 0 Å². The summed E-state index contributed by atoms with van der Waals surface area (Å²) in [7, 11) is 10.7. The predicted molar refractivity (Wildman–Crippen MR) is 90.8 cm³/mol. The van der Waals surface area contributed by atoms with E-state index in [1.165, 1.54) is 53.7 Å². The summed E-state index contributed by atoms with van der Waals surface area (Å²) in [6.45, 7) is 0. The minimum Gasteiger partial charge on any atom is -0.363 e. The van der Waals surface area contributed by atoms with Gasteiger partial charge < -0.3 is 9.80 Å². The SMILES string of the molecule is C1CCCC1.CN(C)C(=S)SSC(=S)N(C)C. The monoisotopic (exact) mass is 310 g/mol. The zero-order chi connectivity index (χ0) is 13.3. The van der Waals surface area contributed by atoms with Crippen molar-refractivity contribution in [1.29, 1.82) is 0 Å². The molecule has 1 aliphatic rings. The fourth-order valence-corrected chi connectivity index (χ4v) is 3.48. The molecule has 0 saturated heterocycles. The Kier molecular flexibility index (Phi) is 10.7. The normalized spacial score (nSPS) is 13.6. The average molecular weight is 311 g/mol. The number of nitrogens with zero attached hydrogens (tertiary/aromatic N) is 2. The maximum Gasteiger partial charge on any atom is 0.146 e. The minimum atomic E-state index is 0.837. The summed E-state index contributed by atoms with van der Waals surface area (Å²) >= 11 is 10.1. The van der Waals surface area contributed by atoms with E-state index in [0.717, 1.165) is 8.64 Å². The van der Waals surface area contributed by atoms with E-state index in [2.05, 4.69) is 0 Å². The summed E-state index contributed by atoms with van der Waals surface area (Å²) in [5, 5.41) is 0. The first kappa shape index (κ1) is 17.5. The highest BCUT2D eigenvalue weighted by molar-refractivity contribution is 8.89. The van der Waals surface area contributed by atoms with Crippen LogP contribution in [-0.2, 0) is 0 Å². The van der Waals surface area contributed by atoms with Crippen LogP contribution in [0.15, 0.2) is 0 Å². The summed E-state index contributed by atoms with van der Waals surface area (Å²) < 4.78 is 1.67. The van der Waals surface area contributed by atoms with Gasteiger partial charge in [-0.1, -0.05) is 56.5 Å². The van der Waals surface area contributed by atoms with Gasteiger partial charge in [0.2, 0.25) is 0 Å². The molecule has 1 saturated carbocycles. The lowest BCUT2D eigenvalue weighted by Gasteiger charge is -2.15. The molecular formula is C11H22N2S4. The molecule has 0 unspecified atom stereocenters. The molecule has 0 heterocycles. The molecule has 0 N–H and O–H groups in total. The van der Waals surface area contributed by atoms with Crippen molar-refractivity contribution in [2.75, 3.05) is 28.2 Å². The molecule has 1 fully saturated rings. The van der Waals surface area contributed by atoms with Crippen molar-refractivity contribution in [1.82, 2.24) is 9.80 Å². The lowest BCUT2D eigenvalue weighted by atomic mass is 10.4. The standard InChI is InChI=1S/C6H12N2S4.C5H10/c1-7(2)5(9)11-12-6(10)8(3)4;1-2-4-5-3-1/h1-4H3;1-5H2. The quantitative estimate of drug-likeness (QED) is 0.489. The van der Waals surface area contributed by atoms with Crippen molar-refractivity contribution >= 4 is 54.7 Å². The lowest BCUT2D eigenvalue weighted by Crippen LogP contribution is -2.18. The topological polar surface area (TPSA) is 6.48 Å². The second-order valence-corrected chi connectivity index (χ2v) is 7.65. The number of hydrogen-bond acceptors (Lipinski definition) is 4. The Morgan fingerprint density at radius 2 is 0.941 bits per heavy atom. The molecule has 100 valence electrons. The number of rotatable bonds is 0. The highest BCUT2D eigenvalue weighted by atomic mass is 33.1. The molecule has 1 rings (SSSR count). The molecule has 0 bridgehead atoms. The van der Waals surface area contributed by atoms with E-state index in [0.29, 0.717) is 0 Å². The van der Waals surface area contributed by atoms with Crippen molar-refractivity contribution in [3.63, 3.8) is 0 Å². The Balaban J connectivity index is 0.000000419. The molecule has 6 heteroatoms. The van der Waals surface area contributed by atoms with E-state index in [1.807, 2.05) is 38.0 Å². The minimum absolute atomic E-state index is 0.837. The lowest BCUT2D eigenvalue weighted by molar-refractivity contribution is 0.647. The van der Waals surface area contributed by atoms with E-state index in [4.69, 9.17) is 24.4 Å². The maximum atomic E-state index is 5.07. The maximum absolute atomic E-state index is 5.07. The van der Waals surface area contributed by atoms with Crippen LogP contribution in [0.4, 0.5) is 0 Å². The van der Waals surface area contributed by atoms with E-state index in [9.17, 15) is 0 Å². The van der Waals surface area contributed by atoms with Gasteiger partial charge in [0.05, 0.1) is 0 Å². The van der Waals surface area contributed by atoms with Gasteiger partial charge in [-0.15, -0.1) is 0 Å². The van der Waals surface area contributed by atoms with E-state index in [-0.39, 0.29) is 0 Å². The van der Waals surface area contributed by atoms with E-state index < -0.39 is 0 Å². The van der Waals surface area contributed by atoms with Crippen LogP contribution in [0, 0.1) is 0 Å². The van der Waals surface area contributed by atoms with Gasteiger partial charge in [-0.05, 0) is 21.6 Å². The van der Waals surface area contributed by atoms with Gasteiger partial charge in [0, 0.05) is 28.2 Å². The van der Waals surface area contributed by atoms with Gasteiger partial charge >= 0.3 is 0 Å². The Morgan fingerprint density at radius 1 is 0.706 bits per heavy atom. The predicted octanol–water partition coefficient (Wildman–Crippen LogP) is 4.01. The van der Waals surface area contributed by atoms with Crippen LogP contribution in [0.25, 0.3) is 0 Å². The number of hydrogen-bond donors (Lipinski definition) is 0. The Bertz CT molecular complexity index is 210. The van der Waals surface area contributed by atoms with Gasteiger partial charge in [-0.25, -0.2) is 0 Å². The summed E-state index contributed by atoms with van der Waals surface area (Å²) in [5.41, 5.74) is 0. The fraction of sp³-hybridized carbons (Fsp3) is 0.818. The Labute approximate surface area is 124 Å². The third-order valence-corrected chi connectivity index (χ3v) is 6.32. The molecule has 0 aliphatic heterocycles. The largest absolute Gasteiger partial charge is 0.363 e. The van der Waals surface area contributed by atoms with Gasteiger partial charge in [0.15, 0.2) is 0 Å². The second kappa shape index (κ2) is 10.4. The summed E-state index contributed by atoms with van der Waals surface area (Å²) in [6, 6.07) is 0. The summed E-state index contributed by atoms with van der Waals surface area (Å²) in [6.07, 6.45) is 7.50. The van der Waals surface area contributed by atoms with Crippen LogP contribution in [-0.4, -0.2) is 46.6 Å². The van der Waals surface area contributed by atoms with E-state index in [1.54, 1.807) is 0 Å². The Morgan fingerprint density at radius 3 is 1.12 bits per heavy atom. The molecule has 0 aromatic heterocycles. The van der Waals surface area contributed by atoms with Crippen LogP contribution >= 0.6 is 46.0 Å². The summed E-state index contributed by atoms with van der Waals surface area (Å²) in [4.78, 5) is 3.79. The van der Waals surface area contributed by atoms with Crippen LogP contribution in [0.5, 0.6) is 0 Å². The molecule has 0 radical (unpaired) electrons. The van der Waals surface area contributed by atoms with Crippen LogP contribution in [0.1, 0.15) is 32.1 Å². The first-order valence-corrected chi connectivity index (χ1v) is 8.69. The van der Waals surface area contributed by atoms with Crippen LogP contribution < -0.4 is 0 Å². The van der Waals surface area contributed by atoms with Gasteiger partial charge in [0.1, 0.15) is 8.64 Å². The molecule has 0 spiro atoms. The fourth-order valence-electron chi connectivity index (χ4n) is 1.10. The highest BCUT2D eigenvalue weighted by Crippen LogP contribution is 2.26. The van der Waals surface area contributed by atoms with Crippen molar-refractivity contribution in [2.24, 2.45) is 0 Å². The number of thiocarbonyl (C=S) groups is 2. The van der Waals surface area contributed by atoms with Gasteiger partial charge in [-0.2, -0.15) is 0 Å². The van der Waals surface area contributed by atoms with Gasteiger partial charge in [0.25, 0.3) is 0 Å². The molecule has 1 aliphatic carbocycles. The third kappa shape index (κ3) is 10.1. The second-order valence-electron chi connectivity index (χ2n) is 4.26. The smallest absolute Gasteiger partial charge is 0.146 e. The Hall–Kier alpha value is 0.480. The average Bonchev–Trinajstić information content (AvgIpc) is 2.83. The molecule has 0 atom stereocenters. The van der Waals surface area contributed by atoms with Crippen molar-refractivity contribution in [2.45, 2.75) is 32.1 Å². The van der Waals surface area contributed by atoms with Crippen molar-refractivity contribution < 1.29 is 0 Å². The molecule has 0 amide bonds. The first-order chi connectivity index (χ1) is 7.95. The highest BCUT2D eigenvalue weighted by Gasteiger charge is 2.04. The zero-order valence-electron chi connectivity index (χ0n) is 11.1. The molecule has 2 nitrogen and oxygen atoms in total. The summed E-state index contributed by atoms with van der Waals surface area (Å²) in [5.74, 6) is 0. The molecule has 0 aromatic rings.